The molecule has 0 radical (unpaired) electrons. The number of benzene rings is 2. The highest BCUT2D eigenvalue weighted by atomic mass is 16.5. The molecule has 2 aromatic rings. The van der Waals surface area contributed by atoms with Crippen LogP contribution in [0.4, 0.5) is 0 Å². The number of amides is 1. The van der Waals surface area contributed by atoms with Crippen LogP contribution in [0.2, 0.25) is 0 Å². The molecular formula is C26H33N3O2. The third-order valence-corrected chi connectivity index (χ3v) is 5.51. The molecule has 1 heterocycles. The van der Waals surface area contributed by atoms with E-state index in [9.17, 15) is 4.79 Å². The molecule has 0 aromatic heterocycles. The minimum Gasteiger partial charge on any atom is -0.496 e. The summed E-state index contributed by atoms with van der Waals surface area (Å²) in [7, 11) is 1.70. The van der Waals surface area contributed by atoms with Crippen LogP contribution in [0.1, 0.15) is 43.7 Å². The largest absolute Gasteiger partial charge is 0.496 e. The van der Waals surface area contributed by atoms with Crippen LogP contribution in [-0.2, 0) is 11.2 Å². The van der Waals surface area contributed by atoms with E-state index in [0.717, 1.165) is 62.0 Å². The van der Waals surface area contributed by atoms with Crippen molar-refractivity contribution in [2.45, 2.75) is 39.0 Å². The number of aryl methyl sites for hydroxylation is 1. The van der Waals surface area contributed by atoms with Gasteiger partial charge in [0.05, 0.1) is 7.11 Å². The molecule has 31 heavy (non-hydrogen) atoms. The summed E-state index contributed by atoms with van der Waals surface area (Å²) in [5.41, 5.74) is 2.38. The summed E-state index contributed by atoms with van der Waals surface area (Å²) in [6.45, 7) is 4.57. The third kappa shape index (κ3) is 6.45. The molecule has 0 unspecified atom stereocenters. The van der Waals surface area contributed by atoms with Crippen LogP contribution in [0.3, 0.4) is 0 Å². The number of carbonyl (C=O) groups is 1. The fraction of sp³-hybridized carbons (Fsp3) is 0.385. The Morgan fingerprint density at radius 2 is 2.10 bits per heavy atom. The second-order valence-electron chi connectivity index (χ2n) is 7.75. The number of fused-ring (bicyclic) bond motifs is 1. The molecule has 1 aliphatic heterocycles. The molecule has 0 saturated carbocycles. The summed E-state index contributed by atoms with van der Waals surface area (Å²) < 4.78 is 5.53. The van der Waals surface area contributed by atoms with E-state index in [1.165, 1.54) is 10.9 Å². The summed E-state index contributed by atoms with van der Waals surface area (Å²) in [5.74, 6) is 0.838. The Bertz CT molecular complexity index is 963. The molecule has 0 bridgehead atoms. The molecule has 1 N–H and O–H groups in total. The summed E-state index contributed by atoms with van der Waals surface area (Å²) in [5, 5.41) is 5.31. The first-order valence-electron chi connectivity index (χ1n) is 11.2. The van der Waals surface area contributed by atoms with Crippen molar-refractivity contribution in [2.24, 2.45) is 4.99 Å². The van der Waals surface area contributed by atoms with Gasteiger partial charge in [0.15, 0.2) is 0 Å². The van der Waals surface area contributed by atoms with Gasteiger partial charge < -0.3 is 15.0 Å². The van der Waals surface area contributed by atoms with E-state index >= 15 is 0 Å². The summed E-state index contributed by atoms with van der Waals surface area (Å²) in [6, 6.07) is 10.3. The zero-order valence-corrected chi connectivity index (χ0v) is 18.6. The number of carbonyl (C=O) groups excluding carboxylic acids is 1. The lowest BCUT2D eigenvalue weighted by atomic mass is 9.94. The van der Waals surface area contributed by atoms with Gasteiger partial charge in [-0.3, -0.25) is 9.79 Å². The van der Waals surface area contributed by atoms with Gasteiger partial charge in [0.1, 0.15) is 12.4 Å². The number of allylic oxidation sites excluding steroid dienone is 1. The number of aliphatic imine (C=N–C) groups is 1. The fourth-order valence-corrected chi connectivity index (χ4v) is 3.82. The van der Waals surface area contributed by atoms with Gasteiger partial charge >= 0.3 is 0 Å². The highest BCUT2D eigenvalue weighted by molar-refractivity contribution is 5.96. The topological polar surface area (TPSA) is 53.9 Å². The van der Waals surface area contributed by atoms with Crippen LogP contribution in [-0.4, -0.2) is 43.9 Å². The molecule has 3 rings (SSSR count). The summed E-state index contributed by atoms with van der Waals surface area (Å²) in [6.07, 6.45) is 14.6. The second kappa shape index (κ2) is 11.9. The minimum atomic E-state index is -0.0466. The average molecular weight is 420 g/mol. The Kier molecular flexibility index (Phi) is 8.71. The maximum atomic E-state index is 12.3. The molecule has 1 amide bonds. The van der Waals surface area contributed by atoms with Crippen LogP contribution < -0.4 is 10.1 Å². The van der Waals surface area contributed by atoms with Crippen LogP contribution in [0.25, 0.3) is 16.8 Å². The first kappa shape index (κ1) is 22.6. The molecule has 164 valence electrons. The zero-order valence-electron chi connectivity index (χ0n) is 18.6. The van der Waals surface area contributed by atoms with Gasteiger partial charge in [-0.15, -0.1) is 0 Å². The average Bonchev–Trinajstić information content (AvgIpc) is 2.81. The lowest BCUT2D eigenvalue weighted by Gasteiger charge is -2.19. The molecule has 0 spiro atoms. The van der Waals surface area contributed by atoms with E-state index in [2.05, 4.69) is 46.5 Å². The lowest BCUT2D eigenvalue weighted by Crippen LogP contribution is -2.24. The lowest BCUT2D eigenvalue weighted by molar-refractivity contribution is -0.116. The van der Waals surface area contributed by atoms with E-state index in [4.69, 9.17) is 4.74 Å². The van der Waals surface area contributed by atoms with Gasteiger partial charge in [0.2, 0.25) is 5.91 Å². The predicted octanol–water partition coefficient (Wildman–Crippen LogP) is 4.96. The number of ether oxygens (including phenoxy) is 1. The zero-order chi connectivity index (χ0) is 21.9. The van der Waals surface area contributed by atoms with Gasteiger partial charge in [0, 0.05) is 37.0 Å². The Morgan fingerprint density at radius 1 is 1.19 bits per heavy atom. The van der Waals surface area contributed by atoms with Gasteiger partial charge in [-0.25, -0.2) is 0 Å². The number of hydrogen-bond acceptors (Lipinski definition) is 4. The second-order valence-corrected chi connectivity index (χ2v) is 7.75. The van der Waals surface area contributed by atoms with E-state index < -0.39 is 0 Å². The SMILES string of the molecule is CCCCc1c(/C=C/C(=O)NCCCCN2C=CC=NC2)ccc2c(OC)cccc12. The number of nitrogens with zero attached hydrogens (tertiary/aromatic N) is 2. The van der Waals surface area contributed by atoms with Gasteiger partial charge in [-0.2, -0.15) is 0 Å². The van der Waals surface area contributed by atoms with Crippen LogP contribution in [0.15, 0.2) is 53.7 Å². The fourth-order valence-electron chi connectivity index (χ4n) is 3.82. The van der Waals surface area contributed by atoms with Crippen molar-refractivity contribution >= 4 is 29.0 Å². The number of rotatable bonds is 11. The van der Waals surface area contributed by atoms with Crippen molar-refractivity contribution in [3.05, 3.63) is 59.8 Å². The maximum absolute atomic E-state index is 12.3. The Balaban J connectivity index is 1.58. The van der Waals surface area contributed by atoms with Crippen molar-refractivity contribution in [1.29, 1.82) is 0 Å². The highest BCUT2D eigenvalue weighted by Crippen LogP contribution is 2.31. The molecular weight excluding hydrogens is 386 g/mol. The predicted molar refractivity (Wildman–Crippen MR) is 130 cm³/mol. The highest BCUT2D eigenvalue weighted by Gasteiger charge is 2.09. The first-order chi connectivity index (χ1) is 15.2. The smallest absolute Gasteiger partial charge is 0.243 e. The van der Waals surface area contributed by atoms with Gasteiger partial charge in [-0.05, 0) is 60.4 Å². The third-order valence-electron chi connectivity index (χ3n) is 5.51. The molecule has 0 fully saturated rings. The molecule has 1 aliphatic rings. The molecule has 5 heteroatoms. The summed E-state index contributed by atoms with van der Waals surface area (Å²) >= 11 is 0. The van der Waals surface area contributed by atoms with E-state index in [1.54, 1.807) is 13.2 Å². The quantitative estimate of drug-likeness (QED) is 0.414. The number of hydrogen-bond donors (Lipinski definition) is 1. The Morgan fingerprint density at radius 3 is 2.87 bits per heavy atom. The van der Waals surface area contributed by atoms with Crippen molar-refractivity contribution in [3.63, 3.8) is 0 Å². The van der Waals surface area contributed by atoms with Crippen LogP contribution in [0, 0.1) is 0 Å². The molecule has 0 aliphatic carbocycles. The van der Waals surface area contributed by atoms with E-state index in [1.807, 2.05) is 30.5 Å². The first-order valence-corrected chi connectivity index (χ1v) is 11.2. The summed E-state index contributed by atoms with van der Waals surface area (Å²) in [4.78, 5) is 18.7. The maximum Gasteiger partial charge on any atom is 0.243 e. The van der Waals surface area contributed by atoms with E-state index in [-0.39, 0.29) is 5.91 Å². The minimum absolute atomic E-state index is 0.0466. The van der Waals surface area contributed by atoms with Crippen molar-refractivity contribution < 1.29 is 9.53 Å². The molecule has 0 saturated heterocycles. The van der Waals surface area contributed by atoms with E-state index in [0.29, 0.717) is 6.54 Å². The van der Waals surface area contributed by atoms with Gasteiger partial charge in [-0.1, -0.05) is 37.6 Å². The van der Waals surface area contributed by atoms with Crippen molar-refractivity contribution in [3.8, 4) is 5.75 Å². The molecule has 2 aromatic carbocycles. The number of unbranched alkanes of at least 4 members (excludes halogenated alkanes) is 2. The van der Waals surface area contributed by atoms with Crippen molar-refractivity contribution in [1.82, 2.24) is 10.2 Å². The van der Waals surface area contributed by atoms with Crippen LogP contribution in [0.5, 0.6) is 5.75 Å². The molecule has 0 atom stereocenters. The molecule has 5 nitrogen and oxygen atoms in total. The van der Waals surface area contributed by atoms with Crippen molar-refractivity contribution in [2.75, 3.05) is 26.9 Å². The van der Waals surface area contributed by atoms with Gasteiger partial charge in [0.25, 0.3) is 0 Å². The van der Waals surface area contributed by atoms with Crippen LogP contribution >= 0.6 is 0 Å². The standard InChI is InChI=1S/C26H33N3O2/c1-3-4-9-22-21(12-14-24-23(22)10-7-11-25(24)31-2)13-15-26(30)28-17-5-6-18-29-19-8-16-27-20-29/h7-8,10-16,19H,3-6,9,17-18,20H2,1-2H3,(H,28,30)/b15-13+. The normalized spacial score (nSPS) is 13.3. The Hall–Kier alpha value is -3.08. The Labute approximate surface area is 185 Å². The number of methoxy groups -OCH3 is 1. The monoisotopic (exact) mass is 419 g/mol. The number of nitrogens with one attached hydrogen (secondary N) is 1.